The number of carbonyl (C=O) groups is 3. The molecule has 2 unspecified atom stereocenters. The van der Waals surface area contributed by atoms with Gasteiger partial charge in [0.2, 0.25) is 11.8 Å². The Morgan fingerprint density at radius 1 is 1.15 bits per heavy atom. The zero-order valence-corrected chi connectivity index (χ0v) is 16.0. The number of hydrogen-bond acceptors (Lipinski definition) is 3. The van der Waals surface area contributed by atoms with Crippen LogP contribution in [0.15, 0.2) is 34.9 Å². The Morgan fingerprint density at radius 3 is 2.44 bits per heavy atom. The van der Waals surface area contributed by atoms with Gasteiger partial charge in [0, 0.05) is 0 Å². The van der Waals surface area contributed by atoms with Crippen LogP contribution < -0.4 is 0 Å². The van der Waals surface area contributed by atoms with E-state index >= 15 is 0 Å². The van der Waals surface area contributed by atoms with Gasteiger partial charge in [-0.25, -0.2) is 0 Å². The zero-order chi connectivity index (χ0) is 19.3. The molecule has 1 N–H and O–H groups in total. The predicted octanol–water partition coefficient (Wildman–Crippen LogP) is 3.22. The molecule has 27 heavy (non-hydrogen) atoms. The standard InChI is InChI=1S/C21H29NO4.Na.H/c1-14(2)6-4-7-15(3)8-5-9-16-10-11-17-18(12-16)21(26)22(20(17)25)13-19(23)24;;/h6,8,10,17-18H,4-5,7,9,11-13H2,1-3H3,(H,23,24);;/b15-8+;;. The van der Waals surface area contributed by atoms with Crippen LogP contribution in [-0.2, 0) is 14.4 Å². The number of carboxylic acid groups (broad SMARTS) is 1. The van der Waals surface area contributed by atoms with E-state index in [1.54, 1.807) is 0 Å². The number of rotatable bonds is 8. The summed E-state index contributed by atoms with van der Waals surface area (Å²) in [5.74, 6) is -2.53. The Morgan fingerprint density at radius 2 is 1.81 bits per heavy atom. The molecule has 0 spiro atoms. The van der Waals surface area contributed by atoms with Crippen molar-refractivity contribution >= 4 is 47.3 Å². The van der Waals surface area contributed by atoms with E-state index in [1.165, 1.54) is 16.7 Å². The molecule has 0 aromatic carbocycles. The van der Waals surface area contributed by atoms with E-state index < -0.39 is 12.5 Å². The van der Waals surface area contributed by atoms with Gasteiger partial charge in [-0.2, -0.15) is 0 Å². The van der Waals surface area contributed by atoms with Crippen LogP contribution in [0, 0.1) is 11.8 Å². The summed E-state index contributed by atoms with van der Waals surface area (Å²) in [5, 5.41) is 8.89. The average molecular weight is 383 g/mol. The first-order chi connectivity index (χ1) is 12.3. The summed E-state index contributed by atoms with van der Waals surface area (Å²) >= 11 is 0. The van der Waals surface area contributed by atoms with Crippen LogP contribution in [0.4, 0.5) is 0 Å². The summed E-state index contributed by atoms with van der Waals surface area (Å²) in [6.07, 6.45) is 11.6. The first-order valence-electron chi connectivity index (χ1n) is 9.33. The van der Waals surface area contributed by atoms with E-state index in [9.17, 15) is 14.4 Å². The van der Waals surface area contributed by atoms with Crippen molar-refractivity contribution < 1.29 is 19.5 Å². The monoisotopic (exact) mass is 383 g/mol. The Kier molecular flexibility index (Phi) is 9.71. The molecule has 2 amide bonds. The molecule has 1 aliphatic carbocycles. The Hall–Kier alpha value is -1.17. The third kappa shape index (κ3) is 6.74. The number of carbonyl (C=O) groups excluding carboxylic acids is 2. The molecule has 0 aromatic rings. The first kappa shape index (κ1) is 23.9. The third-order valence-corrected chi connectivity index (χ3v) is 5.14. The summed E-state index contributed by atoms with van der Waals surface area (Å²) in [7, 11) is 0. The van der Waals surface area contributed by atoms with Gasteiger partial charge in [0.05, 0.1) is 11.8 Å². The molecule has 1 aliphatic heterocycles. The van der Waals surface area contributed by atoms with E-state index in [-0.39, 0.29) is 53.2 Å². The molecule has 2 aliphatic rings. The molecule has 144 valence electrons. The minimum absolute atomic E-state index is 0. The van der Waals surface area contributed by atoms with Gasteiger partial charge in [-0.1, -0.05) is 34.9 Å². The molecule has 6 heteroatoms. The van der Waals surface area contributed by atoms with E-state index in [4.69, 9.17) is 5.11 Å². The zero-order valence-electron chi connectivity index (χ0n) is 16.0. The van der Waals surface area contributed by atoms with Crippen molar-refractivity contribution in [1.29, 1.82) is 0 Å². The van der Waals surface area contributed by atoms with Gasteiger partial charge in [-0.3, -0.25) is 19.3 Å². The number of hydrogen-bond donors (Lipinski definition) is 1. The van der Waals surface area contributed by atoms with Crippen LogP contribution in [-0.4, -0.2) is 63.9 Å². The van der Waals surface area contributed by atoms with Gasteiger partial charge in [-0.05, 0) is 59.3 Å². The van der Waals surface area contributed by atoms with Crippen LogP contribution in [0.1, 0.15) is 59.3 Å². The van der Waals surface area contributed by atoms with Crippen LogP contribution in [0.2, 0.25) is 0 Å². The molecular weight excluding hydrogens is 353 g/mol. The average Bonchev–Trinajstić information content (AvgIpc) is 2.79. The Balaban J connectivity index is 0.00000364. The molecule has 0 saturated carbocycles. The fourth-order valence-corrected chi connectivity index (χ4v) is 3.70. The number of imide groups is 1. The van der Waals surface area contributed by atoms with Gasteiger partial charge in [0.15, 0.2) is 0 Å². The maximum atomic E-state index is 12.4. The molecule has 0 aromatic heterocycles. The number of nitrogens with zero attached hydrogens (tertiary/aromatic N) is 1. The number of aliphatic carboxylic acids is 1. The van der Waals surface area contributed by atoms with E-state index in [2.05, 4.69) is 39.0 Å². The summed E-state index contributed by atoms with van der Waals surface area (Å²) in [5.41, 5.74) is 3.92. The Labute approximate surface area is 183 Å². The van der Waals surface area contributed by atoms with Crippen molar-refractivity contribution in [2.75, 3.05) is 6.54 Å². The fourth-order valence-electron chi connectivity index (χ4n) is 3.70. The second kappa shape index (κ2) is 11.0. The van der Waals surface area contributed by atoms with Gasteiger partial charge < -0.3 is 5.11 Å². The SMILES string of the molecule is CC(C)=CCC/C(C)=C/CCC1=CCC2C(=O)N(CC(=O)O)C(=O)C2C1.[NaH]. The second-order valence-corrected chi connectivity index (χ2v) is 7.58. The molecular formula is C21H30NNaO4. The molecule has 0 bridgehead atoms. The molecule has 2 atom stereocenters. The molecule has 1 fully saturated rings. The van der Waals surface area contributed by atoms with Crippen molar-refractivity contribution in [1.82, 2.24) is 4.90 Å². The third-order valence-electron chi connectivity index (χ3n) is 5.14. The van der Waals surface area contributed by atoms with Crippen LogP contribution in [0.3, 0.4) is 0 Å². The molecule has 5 nitrogen and oxygen atoms in total. The van der Waals surface area contributed by atoms with Crippen LogP contribution in [0.25, 0.3) is 0 Å². The van der Waals surface area contributed by atoms with E-state index in [0.717, 1.165) is 30.6 Å². The number of amides is 2. The van der Waals surface area contributed by atoms with Crippen molar-refractivity contribution in [3.05, 3.63) is 34.9 Å². The Bertz CT molecular complexity index is 674. The molecule has 1 heterocycles. The normalized spacial score (nSPS) is 22.1. The minimum atomic E-state index is -1.15. The number of fused-ring (bicyclic) bond motifs is 1. The summed E-state index contributed by atoms with van der Waals surface area (Å²) in [6, 6.07) is 0. The first-order valence-corrected chi connectivity index (χ1v) is 9.33. The fraction of sp³-hybridized carbons (Fsp3) is 0.571. The molecule has 0 radical (unpaired) electrons. The van der Waals surface area contributed by atoms with Gasteiger partial charge in [0.25, 0.3) is 0 Å². The van der Waals surface area contributed by atoms with E-state index in [1.807, 2.05) is 0 Å². The molecule has 1 saturated heterocycles. The van der Waals surface area contributed by atoms with Crippen molar-refractivity contribution in [3.63, 3.8) is 0 Å². The van der Waals surface area contributed by atoms with Gasteiger partial charge in [-0.15, -0.1) is 0 Å². The van der Waals surface area contributed by atoms with Gasteiger partial charge in [0.1, 0.15) is 6.54 Å². The number of allylic oxidation sites excluding steroid dienone is 6. The van der Waals surface area contributed by atoms with Crippen LogP contribution in [0.5, 0.6) is 0 Å². The topological polar surface area (TPSA) is 74.7 Å². The molecule has 2 rings (SSSR count). The summed E-state index contributed by atoms with van der Waals surface area (Å²) < 4.78 is 0. The predicted molar refractivity (Wildman–Crippen MR) is 107 cm³/mol. The summed E-state index contributed by atoms with van der Waals surface area (Å²) in [6.45, 7) is 5.84. The van der Waals surface area contributed by atoms with Crippen molar-refractivity contribution in [2.24, 2.45) is 11.8 Å². The summed E-state index contributed by atoms with van der Waals surface area (Å²) in [4.78, 5) is 36.4. The van der Waals surface area contributed by atoms with Crippen molar-refractivity contribution in [3.8, 4) is 0 Å². The van der Waals surface area contributed by atoms with E-state index in [0.29, 0.717) is 12.8 Å². The maximum absolute atomic E-state index is 12.4. The van der Waals surface area contributed by atoms with Crippen LogP contribution >= 0.6 is 0 Å². The number of likely N-dealkylation sites (tertiary alicyclic amines) is 1. The van der Waals surface area contributed by atoms with Crippen molar-refractivity contribution in [2.45, 2.75) is 59.3 Å². The quantitative estimate of drug-likeness (QED) is 0.397. The number of carboxylic acids is 1. The second-order valence-electron chi connectivity index (χ2n) is 7.58. The van der Waals surface area contributed by atoms with Gasteiger partial charge >= 0.3 is 35.5 Å².